The SMILES string of the molecule is CCOC(=O)C1=C(C)OC(N)=C(C#N)[C@@H]1c1cc(I)c(OCc2ccccc2C#N)c(OCC)c1. The minimum Gasteiger partial charge on any atom is -0.490 e. The Hall–Kier alpha value is -3.70. The quantitative estimate of drug-likeness (QED) is 0.346. The van der Waals surface area contributed by atoms with E-state index in [4.69, 9.17) is 24.7 Å². The number of carbonyl (C=O) groups is 1. The number of nitriles is 2. The molecule has 2 aromatic rings. The van der Waals surface area contributed by atoms with Gasteiger partial charge in [0.25, 0.3) is 0 Å². The van der Waals surface area contributed by atoms with Crippen LogP contribution in [0.25, 0.3) is 0 Å². The van der Waals surface area contributed by atoms with Gasteiger partial charge in [0, 0.05) is 5.56 Å². The largest absolute Gasteiger partial charge is 0.490 e. The van der Waals surface area contributed by atoms with Crippen molar-refractivity contribution in [2.75, 3.05) is 13.2 Å². The van der Waals surface area contributed by atoms with Gasteiger partial charge in [-0.1, -0.05) is 18.2 Å². The van der Waals surface area contributed by atoms with E-state index in [9.17, 15) is 15.3 Å². The number of allylic oxidation sites excluding steroid dienone is 2. The van der Waals surface area contributed by atoms with Crippen molar-refractivity contribution in [1.82, 2.24) is 0 Å². The van der Waals surface area contributed by atoms with Crippen LogP contribution in [0.1, 0.15) is 43.4 Å². The summed E-state index contributed by atoms with van der Waals surface area (Å²) in [5.41, 5.74) is 8.19. The summed E-state index contributed by atoms with van der Waals surface area (Å²) in [4.78, 5) is 12.8. The van der Waals surface area contributed by atoms with Crippen LogP contribution in [-0.2, 0) is 20.9 Å². The first-order chi connectivity index (χ1) is 16.9. The van der Waals surface area contributed by atoms with Crippen LogP contribution in [0.15, 0.2) is 59.2 Å². The van der Waals surface area contributed by atoms with Crippen LogP contribution in [-0.4, -0.2) is 19.2 Å². The Balaban J connectivity index is 2.09. The summed E-state index contributed by atoms with van der Waals surface area (Å²) >= 11 is 2.12. The number of hydrogen-bond donors (Lipinski definition) is 1. The first-order valence-corrected chi connectivity index (χ1v) is 12.0. The van der Waals surface area contributed by atoms with E-state index in [0.717, 1.165) is 5.56 Å². The molecule has 0 saturated carbocycles. The molecule has 2 aromatic carbocycles. The number of esters is 1. The van der Waals surface area contributed by atoms with Crippen LogP contribution in [0, 0.1) is 26.2 Å². The zero-order valence-electron chi connectivity index (χ0n) is 19.6. The predicted molar refractivity (Wildman–Crippen MR) is 136 cm³/mol. The molecule has 9 heteroatoms. The van der Waals surface area contributed by atoms with E-state index < -0.39 is 11.9 Å². The van der Waals surface area contributed by atoms with Crippen LogP contribution in [0.2, 0.25) is 0 Å². The second kappa shape index (κ2) is 11.6. The van der Waals surface area contributed by atoms with E-state index >= 15 is 0 Å². The molecule has 0 radical (unpaired) electrons. The lowest BCUT2D eigenvalue weighted by Crippen LogP contribution is -2.25. The Kier molecular flexibility index (Phi) is 8.61. The van der Waals surface area contributed by atoms with E-state index in [2.05, 4.69) is 34.7 Å². The summed E-state index contributed by atoms with van der Waals surface area (Å²) in [5.74, 6) is -0.252. The second-order valence-corrected chi connectivity index (χ2v) is 8.60. The molecule has 0 amide bonds. The van der Waals surface area contributed by atoms with Gasteiger partial charge < -0.3 is 24.7 Å². The smallest absolute Gasteiger partial charge is 0.338 e. The molecular weight excluding hydrogens is 561 g/mol. The van der Waals surface area contributed by atoms with E-state index in [-0.39, 0.29) is 36.0 Å². The third kappa shape index (κ3) is 5.52. The zero-order valence-corrected chi connectivity index (χ0v) is 21.7. The van der Waals surface area contributed by atoms with Gasteiger partial charge in [0.05, 0.1) is 39.9 Å². The number of halogens is 1. The van der Waals surface area contributed by atoms with Gasteiger partial charge in [-0.05, 0) is 67.1 Å². The molecule has 0 aromatic heterocycles. The summed E-state index contributed by atoms with van der Waals surface area (Å²) in [7, 11) is 0. The highest BCUT2D eigenvalue weighted by atomic mass is 127. The Bertz CT molecular complexity index is 1290. The van der Waals surface area contributed by atoms with Gasteiger partial charge in [0.2, 0.25) is 5.88 Å². The van der Waals surface area contributed by atoms with Gasteiger partial charge >= 0.3 is 5.97 Å². The summed E-state index contributed by atoms with van der Waals surface area (Å²) in [6.45, 7) is 5.85. The molecule has 3 rings (SSSR count). The van der Waals surface area contributed by atoms with Crippen molar-refractivity contribution in [1.29, 1.82) is 10.5 Å². The minimum absolute atomic E-state index is 0.0653. The molecule has 35 heavy (non-hydrogen) atoms. The molecule has 0 bridgehead atoms. The molecule has 0 saturated heterocycles. The lowest BCUT2D eigenvalue weighted by molar-refractivity contribution is -0.139. The van der Waals surface area contributed by atoms with Crippen molar-refractivity contribution in [3.63, 3.8) is 0 Å². The minimum atomic E-state index is -0.797. The molecule has 2 N–H and O–H groups in total. The molecule has 1 aliphatic heterocycles. The normalized spacial score (nSPS) is 15.1. The van der Waals surface area contributed by atoms with Crippen LogP contribution < -0.4 is 15.2 Å². The van der Waals surface area contributed by atoms with Crippen molar-refractivity contribution in [2.24, 2.45) is 5.73 Å². The zero-order chi connectivity index (χ0) is 25.5. The summed E-state index contributed by atoms with van der Waals surface area (Å²) in [6.07, 6.45) is 0. The number of hydrogen-bond acceptors (Lipinski definition) is 8. The maximum absolute atomic E-state index is 12.8. The molecule has 180 valence electrons. The Morgan fingerprint density at radius 2 is 1.89 bits per heavy atom. The standard InChI is InChI=1S/C26H24IN3O5/c1-4-32-21-11-18(10-20(27)24(21)34-14-17-9-7-6-8-16(17)12-28)23-19(13-29)25(30)35-15(3)22(23)26(31)33-5-2/h6-11,23H,4-5,14,30H2,1-3H3/t23-/m0/s1. The third-order valence-corrected chi connectivity index (χ3v) is 6.08. The summed E-state index contributed by atoms with van der Waals surface area (Å²) < 4.78 is 23.4. The van der Waals surface area contributed by atoms with Crippen molar-refractivity contribution in [2.45, 2.75) is 33.3 Å². The summed E-state index contributed by atoms with van der Waals surface area (Å²) in [5, 5.41) is 19.2. The first kappa shape index (κ1) is 25.9. The Morgan fingerprint density at radius 1 is 1.14 bits per heavy atom. The van der Waals surface area contributed by atoms with Crippen molar-refractivity contribution < 1.29 is 23.7 Å². The molecule has 0 unspecified atom stereocenters. The van der Waals surface area contributed by atoms with Crippen LogP contribution >= 0.6 is 22.6 Å². The molecule has 0 spiro atoms. The fraction of sp³-hybridized carbons (Fsp3) is 0.269. The highest BCUT2D eigenvalue weighted by Crippen LogP contribution is 2.44. The molecule has 1 heterocycles. The average molecular weight is 585 g/mol. The molecular formula is C26H24IN3O5. The molecule has 0 aliphatic carbocycles. The van der Waals surface area contributed by atoms with Crippen molar-refractivity contribution >= 4 is 28.6 Å². The highest BCUT2D eigenvalue weighted by Gasteiger charge is 2.37. The number of nitrogens with two attached hydrogens (primary N) is 1. The molecule has 1 atom stereocenters. The molecule has 8 nitrogen and oxygen atoms in total. The topological polar surface area (TPSA) is 128 Å². The van der Waals surface area contributed by atoms with Crippen LogP contribution in [0.3, 0.4) is 0 Å². The van der Waals surface area contributed by atoms with Gasteiger partial charge in [0.15, 0.2) is 11.5 Å². The summed E-state index contributed by atoms with van der Waals surface area (Å²) in [6, 6.07) is 15.0. The second-order valence-electron chi connectivity index (χ2n) is 7.44. The van der Waals surface area contributed by atoms with Crippen molar-refractivity contribution in [3.8, 4) is 23.6 Å². The van der Waals surface area contributed by atoms with Gasteiger partial charge in [-0.2, -0.15) is 10.5 Å². The fourth-order valence-corrected chi connectivity index (χ4v) is 4.53. The van der Waals surface area contributed by atoms with E-state index in [1.807, 2.05) is 25.1 Å². The molecule has 1 aliphatic rings. The Labute approximate surface area is 217 Å². The number of benzene rings is 2. The maximum Gasteiger partial charge on any atom is 0.338 e. The van der Waals surface area contributed by atoms with Crippen LogP contribution in [0.4, 0.5) is 0 Å². The monoisotopic (exact) mass is 585 g/mol. The van der Waals surface area contributed by atoms with Crippen molar-refractivity contribution in [3.05, 3.63) is 79.4 Å². The van der Waals surface area contributed by atoms with E-state index in [1.165, 1.54) is 0 Å². The van der Waals surface area contributed by atoms with Gasteiger partial charge in [-0.25, -0.2) is 4.79 Å². The lowest BCUT2D eigenvalue weighted by Gasteiger charge is -2.27. The first-order valence-electron chi connectivity index (χ1n) is 10.9. The highest BCUT2D eigenvalue weighted by molar-refractivity contribution is 14.1. The number of rotatable bonds is 8. The maximum atomic E-state index is 12.8. The number of ether oxygens (including phenoxy) is 4. The number of carbonyl (C=O) groups excluding carboxylic acids is 1. The molecule has 0 fully saturated rings. The third-order valence-electron chi connectivity index (χ3n) is 5.28. The van der Waals surface area contributed by atoms with E-state index in [0.29, 0.717) is 32.8 Å². The van der Waals surface area contributed by atoms with Gasteiger partial charge in [0.1, 0.15) is 24.0 Å². The average Bonchev–Trinajstić information content (AvgIpc) is 2.83. The number of nitrogens with zero attached hydrogens (tertiary/aromatic N) is 2. The lowest BCUT2D eigenvalue weighted by atomic mass is 9.83. The Morgan fingerprint density at radius 3 is 2.54 bits per heavy atom. The predicted octanol–water partition coefficient (Wildman–Crippen LogP) is 4.79. The van der Waals surface area contributed by atoms with E-state index in [1.54, 1.807) is 32.0 Å². The van der Waals surface area contributed by atoms with Gasteiger partial charge in [-0.3, -0.25) is 0 Å². The van der Waals surface area contributed by atoms with Crippen LogP contribution in [0.5, 0.6) is 11.5 Å². The fourth-order valence-electron chi connectivity index (χ4n) is 3.75. The van der Waals surface area contributed by atoms with Gasteiger partial charge in [-0.15, -0.1) is 0 Å².